The van der Waals surface area contributed by atoms with Crippen LogP contribution in [-0.4, -0.2) is 11.1 Å². The fourth-order valence-corrected chi connectivity index (χ4v) is 3.02. The lowest BCUT2D eigenvalue weighted by atomic mass is 9.92. The maximum Gasteiger partial charge on any atom is 0.306 e. The van der Waals surface area contributed by atoms with Crippen molar-refractivity contribution in [3.63, 3.8) is 0 Å². The van der Waals surface area contributed by atoms with Crippen LogP contribution < -0.4 is 0 Å². The van der Waals surface area contributed by atoms with Gasteiger partial charge in [-0.3, -0.25) is 4.79 Å². The van der Waals surface area contributed by atoms with Crippen LogP contribution in [0.5, 0.6) is 0 Å². The monoisotopic (exact) mass is 258 g/mol. The molecule has 0 aliphatic heterocycles. The van der Waals surface area contributed by atoms with Crippen molar-refractivity contribution in [1.29, 1.82) is 0 Å². The van der Waals surface area contributed by atoms with Gasteiger partial charge in [0.05, 0.1) is 5.92 Å². The van der Waals surface area contributed by atoms with Gasteiger partial charge in [0.25, 0.3) is 0 Å². The summed E-state index contributed by atoms with van der Waals surface area (Å²) in [5.41, 5.74) is 5.01. The highest BCUT2D eigenvalue weighted by Crippen LogP contribution is 2.39. The Balaban J connectivity index is 2.30. The van der Waals surface area contributed by atoms with E-state index in [0.29, 0.717) is 18.8 Å². The summed E-state index contributed by atoms with van der Waals surface area (Å²) in [7, 11) is 0. The van der Waals surface area contributed by atoms with Crippen molar-refractivity contribution in [2.24, 2.45) is 11.8 Å². The highest BCUT2D eigenvalue weighted by Gasteiger charge is 2.27. The minimum atomic E-state index is -0.691. The topological polar surface area (TPSA) is 37.3 Å². The van der Waals surface area contributed by atoms with Crippen LogP contribution in [-0.2, 0) is 17.6 Å². The lowest BCUT2D eigenvalue weighted by Crippen LogP contribution is -2.16. The van der Waals surface area contributed by atoms with Crippen LogP contribution in [0.1, 0.15) is 43.4 Å². The summed E-state index contributed by atoms with van der Waals surface area (Å²) in [6.07, 6.45) is 3.44. The van der Waals surface area contributed by atoms with Crippen LogP contribution >= 0.6 is 0 Å². The molecule has 102 valence electrons. The number of benzene rings is 1. The van der Waals surface area contributed by atoms with E-state index in [0.717, 1.165) is 12.8 Å². The molecule has 1 aromatic rings. The summed E-state index contributed by atoms with van der Waals surface area (Å²) in [6, 6.07) is 6.24. The molecule has 2 unspecified atom stereocenters. The normalized spacial score (nSPS) is 19.3. The Labute approximate surface area is 115 Å². The number of carbonyl (C=O) groups is 1. The minimum absolute atomic E-state index is 0.277. The van der Waals surface area contributed by atoms with Gasteiger partial charge in [0.15, 0.2) is 0 Å². The molecule has 0 saturated heterocycles. The zero-order chi connectivity index (χ0) is 14.0. The molecule has 2 rings (SSSR count). The second-order valence-corrected chi connectivity index (χ2v) is 5.43. The summed E-state index contributed by atoms with van der Waals surface area (Å²) in [5, 5.41) is 9.22. The molecule has 1 aliphatic carbocycles. The molecule has 2 heteroatoms. The quantitative estimate of drug-likeness (QED) is 0.868. The second-order valence-electron chi connectivity index (χ2n) is 5.43. The number of aliphatic carboxylic acids is 1. The first-order valence-corrected chi connectivity index (χ1v) is 7.11. The SMILES string of the molecule is C=C1c2cccc(CC(CC)C(=O)O)c2CC1CC. The third-order valence-electron chi connectivity index (χ3n) is 4.36. The van der Waals surface area contributed by atoms with Crippen molar-refractivity contribution in [1.82, 2.24) is 0 Å². The van der Waals surface area contributed by atoms with Crippen LogP contribution in [0, 0.1) is 11.8 Å². The maximum absolute atomic E-state index is 11.2. The molecule has 0 radical (unpaired) electrons. The number of carboxylic acid groups (broad SMARTS) is 1. The van der Waals surface area contributed by atoms with Gasteiger partial charge >= 0.3 is 5.97 Å². The largest absolute Gasteiger partial charge is 0.481 e. The predicted molar refractivity (Wildman–Crippen MR) is 78.1 cm³/mol. The molecule has 2 atom stereocenters. The number of hydrogen-bond donors (Lipinski definition) is 1. The van der Waals surface area contributed by atoms with Gasteiger partial charge in [-0.2, -0.15) is 0 Å². The number of fused-ring (bicyclic) bond motifs is 1. The van der Waals surface area contributed by atoms with Crippen LogP contribution in [0.3, 0.4) is 0 Å². The first-order valence-electron chi connectivity index (χ1n) is 7.11. The van der Waals surface area contributed by atoms with Gasteiger partial charge in [0, 0.05) is 0 Å². The molecule has 1 aromatic carbocycles. The van der Waals surface area contributed by atoms with Crippen LogP contribution in [0.2, 0.25) is 0 Å². The zero-order valence-electron chi connectivity index (χ0n) is 11.8. The molecule has 0 bridgehead atoms. The average Bonchev–Trinajstić information content (AvgIpc) is 2.73. The van der Waals surface area contributed by atoms with E-state index in [1.54, 1.807) is 0 Å². The Morgan fingerprint density at radius 2 is 2.21 bits per heavy atom. The molecule has 0 heterocycles. The number of carboxylic acids is 1. The molecule has 0 spiro atoms. The van der Waals surface area contributed by atoms with Crippen LogP contribution in [0.4, 0.5) is 0 Å². The number of rotatable bonds is 5. The fourth-order valence-electron chi connectivity index (χ4n) is 3.02. The van der Waals surface area contributed by atoms with E-state index in [2.05, 4.69) is 25.6 Å². The van der Waals surface area contributed by atoms with Crippen molar-refractivity contribution in [2.45, 2.75) is 39.5 Å². The van der Waals surface area contributed by atoms with Crippen LogP contribution in [0.15, 0.2) is 24.8 Å². The van der Waals surface area contributed by atoms with E-state index in [4.69, 9.17) is 0 Å². The molecule has 0 saturated carbocycles. The van der Waals surface area contributed by atoms with E-state index in [-0.39, 0.29) is 5.92 Å². The molecule has 2 nitrogen and oxygen atoms in total. The zero-order valence-corrected chi connectivity index (χ0v) is 11.8. The summed E-state index contributed by atoms with van der Waals surface area (Å²) < 4.78 is 0. The first-order chi connectivity index (χ1) is 9.08. The van der Waals surface area contributed by atoms with Crippen molar-refractivity contribution in [2.75, 3.05) is 0 Å². The van der Waals surface area contributed by atoms with Gasteiger partial charge in [0.1, 0.15) is 0 Å². The van der Waals surface area contributed by atoms with Gasteiger partial charge in [-0.05, 0) is 53.9 Å². The number of allylic oxidation sites excluding steroid dienone is 1. The fraction of sp³-hybridized carbons (Fsp3) is 0.471. The van der Waals surface area contributed by atoms with Gasteiger partial charge in [0.2, 0.25) is 0 Å². The van der Waals surface area contributed by atoms with E-state index in [9.17, 15) is 9.90 Å². The van der Waals surface area contributed by atoms with E-state index >= 15 is 0 Å². The molecule has 19 heavy (non-hydrogen) atoms. The molecular formula is C17H22O2. The lowest BCUT2D eigenvalue weighted by Gasteiger charge is -2.13. The van der Waals surface area contributed by atoms with Crippen LogP contribution in [0.25, 0.3) is 5.57 Å². The summed E-state index contributed by atoms with van der Waals surface area (Å²) in [5.74, 6) is -0.439. The Hall–Kier alpha value is -1.57. The standard InChI is InChI=1S/C17H22O2/c1-4-12-10-16-14(9-13(5-2)17(18)19)7-6-8-15(16)11(12)3/h6-8,12-13H,3-5,9-10H2,1-2H3,(H,18,19). The highest BCUT2D eigenvalue weighted by atomic mass is 16.4. The second kappa shape index (κ2) is 5.60. The molecule has 1 N–H and O–H groups in total. The predicted octanol–water partition coefficient (Wildman–Crippen LogP) is 3.94. The Kier molecular flexibility index (Phi) is 4.08. The van der Waals surface area contributed by atoms with E-state index in [1.807, 2.05) is 13.0 Å². The van der Waals surface area contributed by atoms with Gasteiger partial charge in [-0.15, -0.1) is 0 Å². The summed E-state index contributed by atoms with van der Waals surface area (Å²) >= 11 is 0. The smallest absolute Gasteiger partial charge is 0.306 e. The Morgan fingerprint density at radius 3 is 2.79 bits per heavy atom. The van der Waals surface area contributed by atoms with E-state index in [1.165, 1.54) is 22.3 Å². The maximum atomic E-state index is 11.2. The Morgan fingerprint density at radius 1 is 1.47 bits per heavy atom. The van der Waals surface area contributed by atoms with Crippen molar-refractivity contribution in [3.05, 3.63) is 41.5 Å². The summed E-state index contributed by atoms with van der Waals surface area (Å²) in [6.45, 7) is 8.34. The molecule has 0 amide bonds. The third kappa shape index (κ3) is 2.58. The Bertz CT molecular complexity index is 502. The highest BCUT2D eigenvalue weighted by molar-refractivity contribution is 5.75. The van der Waals surface area contributed by atoms with Gasteiger partial charge in [-0.25, -0.2) is 0 Å². The molecule has 0 aromatic heterocycles. The lowest BCUT2D eigenvalue weighted by molar-refractivity contribution is -0.141. The third-order valence-corrected chi connectivity index (χ3v) is 4.36. The molecule has 0 fully saturated rings. The van der Waals surface area contributed by atoms with Gasteiger partial charge in [-0.1, -0.05) is 38.6 Å². The number of hydrogen-bond acceptors (Lipinski definition) is 1. The minimum Gasteiger partial charge on any atom is -0.481 e. The van der Waals surface area contributed by atoms with E-state index < -0.39 is 5.97 Å². The van der Waals surface area contributed by atoms with Crippen molar-refractivity contribution >= 4 is 11.5 Å². The molecule has 1 aliphatic rings. The van der Waals surface area contributed by atoms with Crippen molar-refractivity contribution < 1.29 is 9.90 Å². The first kappa shape index (κ1) is 13.9. The van der Waals surface area contributed by atoms with Gasteiger partial charge < -0.3 is 5.11 Å². The van der Waals surface area contributed by atoms with Crippen molar-refractivity contribution in [3.8, 4) is 0 Å². The molecular weight excluding hydrogens is 236 g/mol. The average molecular weight is 258 g/mol. The summed E-state index contributed by atoms with van der Waals surface area (Å²) in [4.78, 5) is 11.2.